The van der Waals surface area contributed by atoms with Gasteiger partial charge in [0.05, 0.1) is 16.9 Å². The standard InChI is InChI=1S/C35H52N4O5S/c1-22(2)28(21-25(5)31(40)38-45(43,44)27-18-16-23(3)17-19-27)39(12)33(42)30(34(6,7)8)37-32(41)29(36-11)35(9,10)26-15-13-14-24(4)20-26/h13-22,25,29-30,36H,1-12H3,(H,37,41)(H,38,40)/b28-21+. The second-order valence-corrected chi connectivity index (χ2v) is 15.5. The number of likely N-dealkylation sites (N-methyl/N-ethyl adjacent to an activating group) is 2. The molecule has 2 aromatic rings. The minimum Gasteiger partial charge on any atom is -0.342 e. The summed E-state index contributed by atoms with van der Waals surface area (Å²) < 4.78 is 27.8. The van der Waals surface area contributed by atoms with E-state index in [0.29, 0.717) is 5.70 Å². The number of carbonyl (C=O) groups is 3. The van der Waals surface area contributed by atoms with Crippen LogP contribution in [0.15, 0.2) is 65.2 Å². The van der Waals surface area contributed by atoms with Gasteiger partial charge in [0.15, 0.2) is 0 Å². The van der Waals surface area contributed by atoms with E-state index in [0.717, 1.165) is 16.7 Å². The second kappa shape index (κ2) is 14.7. The lowest BCUT2D eigenvalue weighted by Gasteiger charge is -2.39. The number of sulfonamides is 1. The van der Waals surface area contributed by atoms with Crippen LogP contribution >= 0.6 is 0 Å². The fourth-order valence-corrected chi connectivity index (χ4v) is 6.32. The van der Waals surface area contributed by atoms with Crippen molar-refractivity contribution in [2.75, 3.05) is 14.1 Å². The summed E-state index contributed by atoms with van der Waals surface area (Å²) in [6.07, 6.45) is 1.60. The van der Waals surface area contributed by atoms with Crippen LogP contribution < -0.4 is 15.4 Å². The Morgan fingerprint density at radius 1 is 0.844 bits per heavy atom. The van der Waals surface area contributed by atoms with Crippen molar-refractivity contribution >= 4 is 27.7 Å². The van der Waals surface area contributed by atoms with E-state index in [-0.39, 0.29) is 22.6 Å². The van der Waals surface area contributed by atoms with Gasteiger partial charge >= 0.3 is 0 Å². The molecule has 2 rings (SSSR count). The van der Waals surface area contributed by atoms with E-state index in [4.69, 9.17) is 0 Å². The lowest BCUT2D eigenvalue weighted by molar-refractivity contribution is -0.138. The Labute approximate surface area is 270 Å². The monoisotopic (exact) mass is 640 g/mol. The van der Waals surface area contributed by atoms with E-state index in [1.165, 1.54) is 17.0 Å². The summed E-state index contributed by atoms with van der Waals surface area (Å²) in [6.45, 7) is 18.8. The molecule has 10 heteroatoms. The molecule has 248 valence electrons. The highest BCUT2D eigenvalue weighted by molar-refractivity contribution is 7.90. The van der Waals surface area contributed by atoms with Gasteiger partial charge in [-0.3, -0.25) is 14.4 Å². The van der Waals surface area contributed by atoms with Crippen molar-refractivity contribution in [2.45, 2.75) is 91.6 Å². The minimum absolute atomic E-state index is 0.0109. The summed E-state index contributed by atoms with van der Waals surface area (Å²) in [5.74, 6) is -2.44. The molecule has 3 atom stereocenters. The van der Waals surface area contributed by atoms with Crippen LogP contribution in [-0.4, -0.2) is 57.2 Å². The Bertz CT molecular complexity index is 1510. The van der Waals surface area contributed by atoms with Crippen molar-refractivity contribution in [3.8, 4) is 0 Å². The Hall–Kier alpha value is -3.50. The summed E-state index contributed by atoms with van der Waals surface area (Å²) in [4.78, 5) is 42.4. The molecule has 0 heterocycles. The van der Waals surface area contributed by atoms with Crippen molar-refractivity contribution in [3.05, 3.63) is 77.0 Å². The van der Waals surface area contributed by atoms with Gasteiger partial charge in [0, 0.05) is 18.2 Å². The molecule has 0 saturated carbocycles. The van der Waals surface area contributed by atoms with Crippen molar-refractivity contribution in [1.29, 1.82) is 0 Å². The van der Waals surface area contributed by atoms with Crippen LogP contribution in [0.1, 0.15) is 72.1 Å². The maximum absolute atomic E-state index is 14.1. The van der Waals surface area contributed by atoms with Crippen LogP contribution in [0, 0.1) is 31.1 Å². The molecule has 9 nitrogen and oxygen atoms in total. The summed E-state index contributed by atoms with van der Waals surface area (Å²) in [7, 11) is -0.729. The Balaban J connectivity index is 2.34. The number of allylic oxidation sites excluding steroid dienone is 1. The fraction of sp³-hybridized carbons (Fsp3) is 0.514. The van der Waals surface area contributed by atoms with Crippen molar-refractivity contribution in [3.63, 3.8) is 0 Å². The van der Waals surface area contributed by atoms with Gasteiger partial charge in [-0.15, -0.1) is 0 Å². The quantitative estimate of drug-likeness (QED) is 0.305. The lowest BCUT2D eigenvalue weighted by atomic mass is 9.76. The lowest BCUT2D eigenvalue weighted by Crippen LogP contribution is -2.60. The molecule has 3 N–H and O–H groups in total. The molecule has 0 saturated heterocycles. The van der Waals surface area contributed by atoms with Crippen molar-refractivity contribution < 1.29 is 22.8 Å². The third-order valence-electron chi connectivity index (χ3n) is 8.14. The van der Waals surface area contributed by atoms with Gasteiger partial charge in [0.25, 0.3) is 10.0 Å². The van der Waals surface area contributed by atoms with E-state index in [2.05, 4.69) is 21.4 Å². The minimum atomic E-state index is -4.07. The molecule has 0 spiro atoms. The largest absolute Gasteiger partial charge is 0.342 e. The van der Waals surface area contributed by atoms with E-state index >= 15 is 0 Å². The zero-order chi connectivity index (χ0) is 34.5. The molecule has 3 amide bonds. The van der Waals surface area contributed by atoms with Crippen LogP contribution in [0.4, 0.5) is 0 Å². The maximum atomic E-state index is 14.1. The Kier molecular flexibility index (Phi) is 12.3. The number of amides is 3. The van der Waals surface area contributed by atoms with Crippen LogP contribution in [0.5, 0.6) is 0 Å². The fourth-order valence-electron chi connectivity index (χ4n) is 5.25. The number of hydrogen-bond donors (Lipinski definition) is 3. The first-order valence-electron chi connectivity index (χ1n) is 15.3. The number of hydrogen-bond acceptors (Lipinski definition) is 6. The van der Waals surface area contributed by atoms with Crippen LogP contribution in [0.3, 0.4) is 0 Å². The van der Waals surface area contributed by atoms with Crippen LogP contribution in [0.2, 0.25) is 0 Å². The van der Waals surface area contributed by atoms with Gasteiger partial charge in [-0.1, -0.05) is 102 Å². The molecular formula is C35H52N4O5S. The van der Waals surface area contributed by atoms with E-state index < -0.39 is 44.8 Å². The smallest absolute Gasteiger partial charge is 0.264 e. The zero-order valence-electron chi connectivity index (χ0n) is 28.9. The van der Waals surface area contributed by atoms with Gasteiger partial charge in [-0.25, -0.2) is 13.1 Å². The molecular weight excluding hydrogens is 588 g/mol. The molecule has 3 unspecified atom stereocenters. The highest BCUT2D eigenvalue weighted by Crippen LogP contribution is 2.30. The second-order valence-electron chi connectivity index (χ2n) is 13.8. The first-order valence-corrected chi connectivity index (χ1v) is 16.8. The number of aryl methyl sites for hydroxylation is 2. The summed E-state index contributed by atoms with van der Waals surface area (Å²) in [6, 6.07) is 12.7. The highest BCUT2D eigenvalue weighted by atomic mass is 32.2. The first-order chi connectivity index (χ1) is 20.6. The molecule has 0 aliphatic heterocycles. The number of nitrogens with zero attached hydrogens (tertiary/aromatic N) is 1. The summed E-state index contributed by atoms with van der Waals surface area (Å²) in [5, 5.41) is 6.18. The number of nitrogens with one attached hydrogen (secondary N) is 3. The highest BCUT2D eigenvalue weighted by Gasteiger charge is 2.41. The first kappa shape index (κ1) is 37.7. The van der Waals surface area contributed by atoms with E-state index in [1.54, 1.807) is 39.2 Å². The average Bonchev–Trinajstić information content (AvgIpc) is 2.93. The molecule has 0 aliphatic rings. The molecule has 0 fully saturated rings. The third kappa shape index (κ3) is 9.50. The van der Waals surface area contributed by atoms with Crippen molar-refractivity contribution in [2.24, 2.45) is 17.3 Å². The van der Waals surface area contributed by atoms with Gasteiger partial charge in [0.1, 0.15) is 6.04 Å². The normalized spacial score (nSPS) is 14.8. The zero-order valence-corrected chi connectivity index (χ0v) is 29.7. The molecule has 0 aromatic heterocycles. The molecule has 0 aliphatic carbocycles. The molecule has 45 heavy (non-hydrogen) atoms. The average molecular weight is 641 g/mol. The van der Waals surface area contributed by atoms with Crippen molar-refractivity contribution in [1.82, 2.24) is 20.3 Å². The summed E-state index contributed by atoms with van der Waals surface area (Å²) >= 11 is 0. The summed E-state index contributed by atoms with van der Waals surface area (Å²) in [5.41, 5.74) is 2.27. The third-order valence-corrected chi connectivity index (χ3v) is 9.51. The van der Waals surface area contributed by atoms with Gasteiger partial charge < -0.3 is 15.5 Å². The number of rotatable bonds is 12. The van der Waals surface area contributed by atoms with Crippen LogP contribution in [-0.2, 0) is 29.8 Å². The topological polar surface area (TPSA) is 125 Å². The molecule has 2 aromatic carbocycles. The van der Waals surface area contributed by atoms with Gasteiger partial charge in [0.2, 0.25) is 17.7 Å². The van der Waals surface area contributed by atoms with Gasteiger partial charge in [-0.05, 0) is 56.8 Å². The number of carbonyl (C=O) groups excluding carboxylic acids is 3. The SMILES string of the molecule is CNC(C(=O)NC(C(=O)N(C)/C(=C/C(C)C(=O)NS(=O)(=O)c1ccc(C)cc1)C(C)C)C(C)(C)C)C(C)(C)c1cccc(C)c1. The Morgan fingerprint density at radius 2 is 1.42 bits per heavy atom. The predicted molar refractivity (Wildman–Crippen MR) is 180 cm³/mol. The molecule has 0 bridgehead atoms. The van der Waals surface area contributed by atoms with E-state index in [9.17, 15) is 22.8 Å². The predicted octanol–water partition coefficient (Wildman–Crippen LogP) is 4.84. The Morgan fingerprint density at radius 3 is 1.91 bits per heavy atom. The van der Waals surface area contributed by atoms with E-state index in [1.807, 2.05) is 80.5 Å². The van der Waals surface area contributed by atoms with Crippen LogP contribution in [0.25, 0.3) is 0 Å². The maximum Gasteiger partial charge on any atom is 0.264 e. The number of benzene rings is 2. The van der Waals surface area contributed by atoms with Gasteiger partial charge in [-0.2, -0.15) is 0 Å². The molecule has 0 radical (unpaired) electrons.